The normalized spacial score (nSPS) is 25.4. The lowest BCUT2D eigenvalue weighted by atomic mass is 9.95. The molecule has 1 aliphatic heterocycles. The Morgan fingerprint density at radius 2 is 2.15 bits per heavy atom. The van der Waals surface area contributed by atoms with E-state index in [1.54, 1.807) is 0 Å². The number of nitrogens with one attached hydrogen (secondary N) is 1. The summed E-state index contributed by atoms with van der Waals surface area (Å²) in [6.45, 7) is 4.71. The van der Waals surface area contributed by atoms with E-state index in [4.69, 9.17) is 9.26 Å². The molecular weight excluding hydrogens is 254 g/mol. The summed E-state index contributed by atoms with van der Waals surface area (Å²) in [6.07, 6.45) is 7.25. The molecule has 0 spiro atoms. The highest BCUT2D eigenvalue weighted by atomic mass is 16.5. The number of rotatable bonds is 6. The molecule has 0 radical (unpaired) electrons. The van der Waals surface area contributed by atoms with Crippen LogP contribution < -0.4 is 5.32 Å². The van der Waals surface area contributed by atoms with Crippen molar-refractivity contribution < 1.29 is 9.26 Å². The maximum atomic E-state index is 5.46. The van der Waals surface area contributed by atoms with E-state index in [0.717, 1.165) is 50.2 Å². The Morgan fingerprint density at radius 3 is 2.85 bits per heavy atom. The maximum absolute atomic E-state index is 5.46. The molecule has 1 saturated heterocycles. The zero-order valence-corrected chi connectivity index (χ0v) is 12.3. The number of likely N-dealkylation sites (N-methyl/N-ethyl adjacent to an activating group) is 1. The molecule has 3 rings (SSSR count). The molecule has 1 aliphatic carbocycles. The first-order valence-corrected chi connectivity index (χ1v) is 8.00. The van der Waals surface area contributed by atoms with Crippen LogP contribution in [0.2, 0.25) is 0 Å². The smallest absolute Gasteiger partial charge is 0.228 e. The molecule has 112 valence electrons. The van der Waals surface area contributed by atoms with Gasteiger partial charge < -0.3 is 14.6 Å². The highest BCUT2D eigenvalue weighted by molar-refractivity contribution is 4.99. The van der Waals surface area contributed by atoms with Crippen molar-refractivity contribution in [3.8, 4) is 0 Å². The van der Waals surface area contributed by atoms with Crippen molar-refractivity contribution in [3.63, 3.8) is 0 Å². The van der Waals surface area contributed by atoms with Crippen LogP contribution >= 0.6 is 0 Å². The first-order chi connectivity index (χ1) is 9.86. The summed E-state index contributed by atoms with van der Waals surface area (Å²) >= 11 is 0. The van der Waals surface area contributed by atoms with Gasteiger partial charge in [0.05, 0.1) is 6.61 Å². The van der Waals surface area contributed by atoms with Gasteiger partial charge in [0.25, 0.3) is 0 Å². The lowest BCUT2D eigenvalue weighted by Crippen LogP contribution is -2.37. The topological polar surface area (TPSA) is 60.2 Å². The summed E-state index contributed by atoms with van der Waals surface area (Å²) in [5.74, 6) is 2.71. The van der Waals surface area contributed by atoms with Gasteiger partial charge in [-0.3, -0.25) is 0 Å². The zero-order chi connectivity index (χ0) is 13.8. The van der Waals surface area contributed by atoms with Gasteiger partial charge in [-0.2, -0.15) is 4.98 Å². The van der Waals surface area contributed by atoms with E-state index < -0.39 is 0 Å². The molecule has 2 heterocycles. The van der Waals surface area contributed by atoms with Crippen LogP contribution in [-0.2, 0) is 11.2 Å². The van der Waals surface area contributed by atoms with Gasteiger partial charge in [0.1, 0.15) is 0 Å². The fourth-order valence-corrected chi connectivity index (χ4v) is 3.47. The second-order valence-corrected chi connectivity index (χ2v) is 6.02. The van der Waals surface area contributed by atoms with Gasteiger partial charge in [0.15, 0.2) is 5.82 Å². The Labute approximate surface area is 120 Å². The highest BCUT2D eigenvalue weighted by Crippen LogP contribution is 2.29. The Morgan fingerprint density at radius 1 is 1.30 bits per heavy atom. The molecular formula is C15H25N3O2. The number of hydrogen-bond donors (Lipinski definition) is 1. The van der Waals surface area contributed by atoms with Crippen LogP contribution in [0.25, 0.3) is 0 Å². The summed E-state index contributed by atoms with van der Waals surface area (Å²) in [6, 6.07) is 0.482. The van der Waals surface area contributed by atoms with Crippen LogP contribution in [0.4, 0.5) is 0 Å². The Kier molecular flexibility index (Phi) is 4.68. The van der Waals surface area contributed by atoms with Crippen molar-refractivity contribution in [1.29, 1.82) is 0 Å². The molecule has 2 unspecified atom stereocenters. The summed E-state index contributed by atoms with van der Waals surface area (Å²) < 4.78 is 10.8. The van der Waals surface area contributed by atoms with E-state index in [9.17, 15) is 0 Å². The van der Waals surface area contributed by atoms with Crippen molar-refractivity contribution in [2.45, 2.75) is 57.4 Å². The quantitative estimate of drug-likeness (QED) is 0.865. The fraction of sp³-hybridized carbons (Fsp3) is 0.867. The van der Waals surface area contributed by atoms with Gasteiger partial charge in [-0.05, 0) is 31.7 Å². The van der Waals surface area contributed by atoms with Crippen molar-refractivity contribution in [1.82, 2.24) is 15.5 Å². The standard InChI is InChI=1S/C15H25N3O2/c1-2-16-13(11-5-3-4-6-11)9-14-17-15(18-20-14)12-7-8-19-10-12/h11-13,16H,2-10H2,1H3. The first-order valence-electron chi connectivity index (χ1n) is 8.00. The molecule has 2 atom stereocenters. The molecule has 1 N–H and O–H groups in total. The van der Waals surface area contributed by atoms with Crippen molar-refractivity contribution in [2.24, 2.45) is 5.92 Å². The molecule has 0 bridgehead atoms. The van der Waals surface area contributed by atoms with Crippen molar-refractivity contribution in [2.75, 3.05) is 19.8 Å². The van der Waals surface area contributed by atoms with Gasteiger partial charge in [0, 0.05) is 25.0 Å². The van der Waals surface area contributed by atoms with Gasteiger partial charge >= 0.3 is 0 Å². The van der Waals surface area contributed by atoms with Crippen LogP contribution in [0.5, 0.6) is 0 Å². The summed E-state index contributed by atoms with van der Waals surface area (Å²) in [5, 5.41) is 7.74. The molecule has 1 aromatic rings. The summed E-state index contributed by atoms with van der Waals surface area (Å²) in [5.41, 5.74) is 0. The van der Waals surface area contributed by atoms with Gasteiger partial charge in [-0.25, -0.2) is 0 Å². The zero-order valence-electron chi connectivity index (χ0n) is 12.3. The van der Waals surface area contributed by atoms with Gasteiger partial charge in [-0.15, -0.1) is 0 Å². The molecule has 1 saturated carbocycles. The van der Waals surface area contributed by atoms with Crippen LogP contribution in [-0.4, -0.2) is 35.9 Å². The van der Waals surface area contributed by atoms with E-state index in [1.807, 2.05) is 0 Å². The molecule has 2 aliphatic rings. The van der Waals surface area contributed by atoms with E-state index in [0.29, 0.717) is 12.0 Å². The van der Waals surface area contributed by atoms with Crippen LogP contribution in [0.15, 0.2) is 4.52 Å². The predicted molar refractivity (Wildman–Crippen MR) is 75.6 cm³/mol. The molecule has 5 nitrogen and oxygen atoms in total. The van der Waals surface area contributed by atoms with Crippen LogP contribution in [0, 0.1) is 5.92 Å². The van der Waals surface area contributed by atoms with E-state index in [-0.39, 0.29) is 0 Å². The predicted octanol–water partition coefficient (Wildman–Crippen LogP) is 2.28. The fourth-order valence-electron chi connectivity index (χ4n) is 3.47. The minimum absolute atomic E-state index is 0.330. The Bertz CT molecular complexity index is 409. The van der Waals surface area contributed by atoms with Crippen molar-refractivity contribution in [3.05, 3.63) is 11.7 Å². The Hall–Kier alpha value is -0.940. The SMILES string of the molecule is CCNC(Cc1nc(C2CCOC2)no1)C1CCCC1. The second kappa shape index (κ2) is 6.68. The summed E-state index contributed by atoms with van der Waals surface area (Å²) in [4.78, 5) is 4.59. The second-order valence-electron chi connectivity index (χ2n) is 6.02. The monoisotopic (exact) mass is 279 g/mol. The number of aromatic nitrogens is 2. The van der Waals surface area contributed by atoms with Crippen LogP contribution in [0.3, 0.4) is 0 Å². The van der Waals surface area contributed by atoms with Crippen LogP contribution in [0.1, 0.15) is 56.7 Å². The molecule has 5 heteroatoms. The minimum Gasteiger partial charge on any atom is -0.381 e. The molecule has 0 amide bonds. The third-order valence-electron chi connectivity index (χ3n) is 4.61. The van der Waals surface area contributed by atoms with E-state index in [1.165, 1.54) is 25.7 Å². The van der Waals surface area contributed by atoms with Gasteiger partial charge in [0.2, 0.25) is 5.89 Å². The highest BCUT2D eigenvalue weighted by Gasteiger charge is 2.28. The third kappa shape index (κ3) is 3.20. The van der Waals surface area contributed by atoms with Crippen molar-refractivity contribution >= 4 is 0 Å². The summed E-state index contributed by atoms with van der Waals surface area (Å²) in [7, 11) is 0. The number of hydrogen-bond acceptors (Lipinski definition) is 5. The van der Waals surface area contributed by atoms with Gasteiger partial charge in [-0.1, -0.05) is 24.9 Å². The Balaban J connectivity index is 1.62. The molecule has 20 heavy (non-hydrogen) atoms. The molecule has 1 aromatic heterocycles. The largest absolute Gasteiger partial charge is 0.381 e. The number of ether oxygens (including phenoxy) is 1. The van der Waals surface area contributed by atoms with E-state index in [2.05, 4.69) is 22.4 Å². The average molecular weight is 279 g/mol. The number of nitrogens with zero attached hydrogens (tertiary/aromatic N) is 2. The first kappa shape index (κ1) is 14.0. The third-order valence-corrected chi connectivity index (χ3v) is 4.61. The maximum Gasteiger partial charge on any atom is 0.228 e. The molecule has 2 fully saturated rings. The lowest BCUT2D eigenvalue weighted by Gasteiger charge is -2.22. The minimum atomic E-state index is 0.330. The lowest BCUT2D eigenvalue weighted by molar-refractivity contribution is 0.192. The molecule has 0 aromatic carbocycles. The van der Waals surface area contributed by atoms with E-state index >= 15 is 0 Å². The average Bonchev–Trinajstić information content (AvgIpc) is 3.20.